The first-order valence-electron chi connectivity index (χ1n) is 7.42. The maximum Gasteiger partial charge on any atom is 0.0998 e. The lowest BCUT2D eigenvalue weighted by atomic mass is 10.0. The van der Waals surface area contributed by atoms with Crippen LogP contribution in [0.5, 0.6) is 0 Å². The first-order valence-corrected chi connectivity index (χ1v) is 7.42. The van der Waals surface area contributed by atoms with Gasteiger partial charge in [0.15, 0.2) is 0 Å². The van der Waals surface area contributed by atoms with Crippen molar-refractivity contribution in [2.24, 2.45) is 5.92 Å². The predicted octanol–water partition coefficient (Wildman–Crippen LogP) is 3.57. The molecule has 0 aliphatic carbocycles. The number of fused-ring (bicyclic) bond motifs is 1. The Morgan fingerprint density at radius 1 is 1.24 bits per heavy atom. The molecule has 0 bridgehead atoms. The van der Waals surface area contributed by atoms with E-state index < -0.39 is 0 Å². The highest BCUT2D eigenvalue weighted by Crippen LogP contribution is 2.35. The molecule has 3 rings (SSSR count). The Hall–Kier alpha value is -2.05. The highest BCUT2D eigenvalue weighted by molar-refractivity contribution is 5.98. The van der Waals surface area contributed by atoms with Gasteiger partial charge < -0.3 is 9.64 Å². The molecule has 1 heterocycles. The van der Waals surface area contributed by atoms with E-state index in [0.717, 1.165) is 30.5 Å². The summed E-state index contributed by atoms with van der Waals surface area (Å²) in [4.78, 5) is 2.45. The van der Waals surface area contributed by atoms with Crippen LogP contribution in [0.1, 0.15) is 18.9 Å². The summed E-state index contributed by atoms with van der Waals surface area (Å²) in [6.45, 7) is 4.10. The molecule has 0 saturated carbocycles. The summed E-state index contributed by atoms with van der Waals surface area (Å²) in [5.74, 6) is 0.583. The summed E-state index contributed by atoms with van der Waals surface area (Å²) in [5.41, 5.74) is 1.98. The van der Waals surface area contributed by atoms with Crippen molar-refractivity contribution in [3.63, 3.8) is 0 Å². The molecule has 1 aliphatic rings. The fraction of sp³-hybridized carbons (Fsp3) is 0.389. The van der Waals surface area contributed by atoms with Gasteiger partial charge in [-0.1, -0.05) is 24.3 Å². The first-order chi connectivity index (χ1) is 10.2. The minimum Gasteiger partial charge on any atom is -0.384 e. The molecule has 21 heavy (non-hydrogen) atoms. The van der Waals surface area contributed by atoms with Gasteiger partial charge in [-0.25, -0.2) is 0 Å². The van der Waals surface area contributed by atoms with E-state index in [9.17, 15) is 5.26 Å². The van der Waals surface area contributed by atoms with Crippen LogP contribution < -0.4 is 4.90 Å². The molecule has 0 amide bonds. The number of anilines is 1. The highest BCUT2D eigenvalue weighted by Gasteiger charge is 2.30. The van der Waals surface area contributed by atoms with Crippen LogP contribution in [0, 0.1) is 17.2 Å². The summed E-state index contributed by atoms with van der Waals surface area (Å²) in [5, 5.41) is 11.5. The molecule has 0 N–H and O–H groups in total. The number of hydrogen-bond acceptors (Lipinski definition) is 3. The Morgan fingerprint density at radius 3 is 2.71 bits per heavy atom. The van der Waals surface area contributed by atoms with Crippen molar-refractivity contribution in [3.8, 4) is 6.07 Å². The second-order valence-corrected chi connectivity index (χ2v) is 5.85. The van der Waals surface area contributed by atoms with Crippen LogP contribution >= 0.6 is 0 Å². The molecule has 1 fully saturated rings. The van der Waals surface area contributed by atoms with Crippen molar-refractivity contribution < 1.29 is 4.74 Å². The number of methoxy groups -OCH3 is 1. The lowest BCUT2D eigenvalue weighted by molar-refractivity contribution is 0.159. The number of nitrogens with zero attached hydrogens (tertiary/aromatic N) is 2. The minimum atomic E-state index is 0.501. The number of rotatable bonds is 3. The Balaban J connectivity index is 2.04. The van der Waals surface area contributed by atoms with Crippen LogP contribution in [0.15, 0.2) is 36.4 Å². The summed E-state index contributed by atoms with van der Waals surface area (Å²) in [6, 6.07) is 15.0. The Morgan fingerprint density at radius 2 is 2.00 bits per heavy atom. The van der Waals surface area contributed by atoms with Crippen molar-refractivity contribution in [1.82, 2.24) is 0 Å². The zero-order valence-electron chi connectivity index (χ0n) is 12.5. The van der Waals surface area contributed by atoms with Gasteiger partial charge in [-0.15, -0.1) is 0 Å². The van der Waals surface area contributed by atoms with E-state index in [1.54, 1.807) is 7.11 Å². The predicted molar refractivity (Wildman–Crippen MR) is 85.5 cm³/mol. The van der Waals surface area contributed by atoms with Crippen molar-refractivity contribution in [3.05, 3.63) is 42.0 Å². The molecular weight excluding hydrogens is 260 g/mol. The molecule has 1 aliphatic heterocycles. The SMILES string of the molecule is COC[C@H]1C[C@@H](C)N(c2ccc(C#N)c3ccccc23)C1. The summed E-state index contributed by atoms with van der Waals surface area (Å²) in [6.07, 6.45) is 1.15. The van der Waals surface area contributed by atoms with Crippen molar-refractivity contribution >= 4 is 16.5 Å². The molecule has 0 unspecified atom stereocenters. The zero-order chi connectivity index (χ0) is 14.8. The third-order valence-corrected chi connectivity index (χ3v) is 4.39. The van der Waals surface area contributed by atoms with Gasteiger partial charge in [0.25, 0.3) is 0 Å². The number of benzene rings is 2. The lowest BCUT2D eigenvalue weighted by Crippen LogP contribution is -2.27. The maximum atomic E-state index is 9.28. The molecular formula is C18H20N2O. The lowest BCUT2D eigenvalue weighted by Gasteiger charge is -2.25. The molecule has 3 heteroatoms. The average Bonchev–Trinajstić information content (AvgIpc) is 2.87. The van der Waals surface area contributed by atoms with E-state index in [4.69, 9.17) is 4.74 Å². The smallest absolute Gasteiger partial charge is 0.0998 e. The van der Waals surface area contributed by atoms with Crippen LogP contribution in [0.25, 0.3) is 10.8 Å². The van der Waals surface area contributed by atoms with Gasteiger partial charge in [0.2, 0.25) is 0 Å². The Labute approximate surface area is 125 Å². The molecule has 2 aromatic rings. The quantitative estimate of drug-likeness (QED) is 0.862. The van der Waals surface area contributed by atoms with Crippen molar-refractivity contribution in [1.29, 1.82) is 5.26 Å². The molecule has 0 radical (unpaired) electrons. The van der Waals surface area contributed by atoms with E-state index >= 15 is 0 Å². The molecule has 1 saturated heterocycles. The van der Waals surface area contributed by atoms with Crippen molar-refractivity contribution in [2.45, 2.75) is 19.4 Å². The second kappa shape index (κ2) is 5.75. The summed E-state index contributed by atoms with van der Waals surface area (Å²) >= 11 is 0. The minimum absolute atomic E-state index is 0.501. The third-order valence-electron chi connectivity index (χ3n) is 4.39. The molecule has 0 spiro atoms. The standard InChI is InChI=1S/C18H20N2O/c1-13-9-14(12-21-2)11-20(13)18-8-7-15(10-19)16-5-3-4-6-17(16)18/h3-8,13-14H,9,11-12H2,1-2H3/t13-,14+/m1/s1. The topological polar surface area (TPSA) is 36.3 Å². The largest absolute Gasteiger partial charge is 0.384 e. The molecule has 2 atom stereocenters. The van der Waals surface area contributed by atoms with E-state index in [2.05, 4.69) is 30.0 Å². The van der Waals surface area contributed by atoms with Gasteiger partial charge in [-0.05, 0) is 25.5 Å². The average molecular weight is 280 g/mol. The molecule has 2 aromatic carbocycles. The second-order valence-electron chi connectivity index (χ2n) is 5.85. The van der Waals surface area contributed by atoms with Gasteiger partial charge in [-0.3, -0.25) is 0 Å². The van der Waals surface area contributed by atoms with E-state index in [-0.39, 0.29) is 0 Å². The summed E-state index contributed by atoms with van der Waals surface area (Å²) < 4.78 is 5.31. The van der Waals surface area contributed by atoms with E-state index in [1.165, 1.54) is 11.1 Å². The van der Waals surface area contributed by atoms with Crippen LogP contribution in [0.2, 0.25) is 0 Å². The Bertz CT molecular complexity index is 689. The number of hydrogen-bond donors (Lipinski definition) is 0. The molecule has 0 aromatic heterocycles. The van der Waals surface area contributed by atoms with Crippen LogP contribution in [-0.2, 0) is 4.74 Å². The van der Waals surface area contributed by atoms with Crippen molar-refractivity contribution in [2.75, 3.05) is 25.2 Å². The van der Waals surface area contributed by atoms with Crippen LogP contribution in [0.4, 0.5) is 5.69 Å². The molecule has 108 valence electrons. The normalized spacial score (nSPS) is 21.7. The summed E-state index contributed by atoms with van der Waals surface area (Å²) in [7, 11) is 1.77. The van der Waals surface area contributed by atoms with E-state index in [0.29, 0.717) is 12.0 Å². The number of ether oxygens (including phenoxy) is 1. The third kappa shape index (κ3) is 2.48. The van der Waals surface area contributed by atoms with Gasteiger partial charge in [0.1, 0.15) is 0 Å². The maximum absolute atomic E-state index is 9.28. The van der Waals surface area contributed by atoms with Gasteiger partial charge in [-0.2, -0.15) is 5.26 Å². The first kappa shape index (κ1) is 13.9. The fourth-order valence-corrected chi connectivity index (χ4v) is 3.47. The van der Waals surface area contributed by atoms with Gasteiger partial charge >= 0.3 is 0 Å². The zero-order valence-corrected chi connectivity index (χ0v) is 12.5. The van der Waals surface area contributed by atoms with Gasteiger partial charge in [0.05, 0.1) is 18.2 Å². The van der Waals surface area contributed by atoms with Gasteiger partial charge in [0, 0.05) is 42.1 Å². The highest BCUT2D eigenvalue weighted by atomic mass is 16.5. The Kier molecular flexibility index (Phi) is 3.81. The van der Waals surface area contributed by atoms with E-state index in [1.807, 2.05) is 24.3 Å². The fourth-order valence-electron chi connectivity index (χ4n) is 3.47. The van der Waals surface area contributed by atoms with Crippen LogP contribution in [0.3, 0.4) is 0 Å². The number of nitriles is 1. The van der Waals surface area contributed by atoms with Crippen LogP contribution in [-0.4, -0.2) is 26.3 Å². The molecule has 3 nitrogen and oxygen atoms in total. The monoisotopic (exact) mass is 280 g/mol.